The summed E-state index contributed by atoms with van der Waals surface area (Å²) in [6.07, 6.45) is 11.6. The standard InChI is InChI=1S/C32H73NO8Si4/c1-42(2,3)39-44(7,8)41-45(9,40-43(4,5)6)32-18-16-14-12-10-11-13-15-17-19-33-20-22-34-24-26-36-28-30-38-31-29-37-27-25-35-23-21-33/h10-32H2,1-9H3. The van der Waals surface area contributed by atoms with Crippen molar-refractivity contribution in [2.75, 3.05) is 85.7 Å². The van der Waals surface area contributed by atoms with Gasteiger partial charge in [-0.15, -0.1) is 0 Å². The van der Waals surface area contributed by atoms with Crippen molar-refractivity contribution in [3.8, 4) is 0 Å². The average molecular weight is 712 g/mol. The Morgan fingerprint density at radius 3 is 1.18 bits per heavy atom. The maximum Gasteiger partial charge on any atom is 0.315 e. The summed E-state index contributed by atoms with van der Waals surface area (Å²) < 4.78 is 48.3. The van der Waals surface area contributed by atoms with Gasteiger partial charge in [0.25, 0.3) is 0 Å². The molecule has 0 radical (unpaired) electrons. The zero-order valence-electron chi connectivity index (χ0n) is 31.0. The van der Waals surface area contributed by atoms with Crippen molar-refractivity contribution in [1.82, 2.24) is 4.90 Å². The molecule has 0 aromatic rings. The van der Waals surface area contributed by atoms with E-state index < -0.39 is 33.8 Å². The van der Waals surface area contributed by atoms with E-state index in [0.717, 1.165) is 38.9 Å². The Morgan fingerprint density at radius 1 is 0.422 bits per heavy atom. The van der Waals surface area contributed by atoms with Crippen molar-refractivity contribution < 1.29 is 36.0 Å². The number of nitrogens with zero attached hydrogens (tertiary/aromatic N) is 1. The van der Waals surface area contributed by atoms with Crippen LogP contribution in [0.5, 0.6) is 0 Å². The fourth-order valence-electron chi connectivity index (χ4n) is 5.77. The summed E-state index contributed by atoms with van der Waals surface area (Å²) in [5.41, 5.74) is 0. The summed E-state index contributed by atoms with van der Waals surface area (Å²) in [4.78, 5) is 2.48. The van der Waals surface area contributed by atoms with Crippen LogP contribution in [0.4, 0.5) is 0 Å². The van der Waals surface area contributed by atoms with Crippen molar-refractivity contribution >= 4 is 33.8 Å². The maximum absolute atomic E-state index is 6.84. The Kier molecular flexibility index (Phi) is 23.8. The molecule has 45 heavy (non-hydrogen) atoms. The zero-order valence-corrected chi connectivity index (χ0v) is 35.0. The SMILES string of the molecule is C[Si](C)(C)O[Si](C)(C)O[Si](C)(CCCCCCCCCCCN1CCOCCOCCOCCOCCOCC1)O[Si](C)(C)C. The van der Waals surface area contributed by atoms with Crippen LogP contribution in [-0.2, 0) is 36.0 Å². The van der Waals surface area contributed by atoms with E-state index >= 15 is 0 Å². The van der Waals surface area contributed by atoms with Crippen LogP contribution < -0.4 is 0 Å². The first-order valence-corrected chi connectivity index (χ1v) is 30.1. The molecule has 1 heterocycles. The van der Waals surface area contributed by atoms with E-state index in [2.05, 4.69) is 63.8 Å². The molecular formula is C32H73NO8Si4. The minimum Gasteiger partial charge on any atom is -0.437 e. The van der Waals surface area contributed by atoms with Gasteiger partial charge in [-0.1, -0.05) is 51.4 Å². The molecule has 0 bridgehead atoms. The third-order valence-corrected chi connectivity index (χ3v) is 20.8. The number of unbranched alkanes of at least 4 members (excludes halogenated alkanes) is 8. The van der Waals surface area contributed by atoms with Gasteiger partial charge in [0.1, 0.15) is 0 Å². The molecule has 1 atom stereocenters. The Labute approximate surface area is 282 Å². The van der Waals surface area contributed by atoms with Crippen LogP contribution in [0.25, 0.3) is 0 Å². The summed E-state index contributed by atoms with van der Waals surface area (Å²) in [6, 6.07) is 1.08. The van der Waals surface area contributed by atoms with E-state index in [4.69, 9.17) is 36.0 Å². The second kappa shape index (κ2) is 24.6. The molecule has 0 aromatic heterocycles. The first-order chi connectivity index (χ1) is 21.2. The quantitative estimate of drug-likeness (QED) is 0.107. The Balaban J connectivity index is 2.25. The molecule has 0 spiro atoms. The smallest absolute Gasteiger partial charge is 0.315 e. The van der Waals surface area contributed by atoms with E-state index in [1.807, 2.05) is 0 Å². The molecule has 1 aliphatic heterocycles. The summed E-state index contributed by atoms with van der Waals surface area (Å²) in [6.45, 7) is 29.6. The second-order valence-corrected chi connectivity index (χ2v) is 31.4. The van der Waals surface area contributed by atoms with Crippen LogP contribution in [0.3, 0.4) is 0 Å². The summed E-state index contributed by atoms with van der Waals surface area (Å²) in [5, 5.41) is 0. The molecule has 0 aliphatic carbocycles. The summed E-state index contributed by atoms with van der Waals surface area (Å²) in [5.74, 6) is 0. The van der Waals surface area contributed by atoms with Crippen LogP contribution in [0.2, 0.25) is 65.0 Å². The zero-order chi connectivity index (χ0) is 33.5. The Hall–Kier alpha value is 0.508. The van der Waals surface area contributed by atoms with Crippen LogP contribution in [0.1, 0.15) is 57.8 Å². The Morgan fingerprint density at radius 2 is 0.778 bits per heavy atom. The van der Waals surface area contributed by atoms with E-state index in [1.165, 1.54) is 57.8 Å². The number of hydrogen-bond donors (Lipinski definition) is 0. The highest BCUT2D eigenvalue weighted by Crippen LogP contribution is 2.28. The minimum absolute atomic E-state index is 0.592. The van der Waals surface area contributed by atoms with Gasteiger partial charge < -0.3 is 36.0 Å². The lowest BCUT2D eigenvalue weighted by atomic mass is 10.1. The Bertz CT molecular complexity index is 694. The fraction of sp³-hybridized carbons (Fsp3) is 1.00. The monoisotopic (exact) mass is 711 g/mol. The topological polar surface area (TPSA) is 77.1 Å². The van der Waals surface area contributed by atoms with Gasteiger partial charge in [-0.25, -0.2) is 0 Å². The molecule has 0 amide bonds. The van der Waals surface area contributed by atoms with Gasteiger partial charge >= 0.3 is 17.1 Å². The predicted octanol–water partition coefficient (Wildman–Crippen LogP) is 7.39. The molecule has 1 fully saturated rings. The lowest BCUT2D eigenvalue weighted by Crippen LogP contribution is -2.56. The minimum atomic E-state index is -2.27. The van der Waals surface area contributed by atoms with Crippen molar-refractivity contribution in [2.24, 2.45) is 0 Å². The number of hydrogen-bond acceptors (Lipinski definition) is 9. The van der Waals surface area contributed by atoms with Crippen molar-refractivity contribution in [1.29, 1.82) is 0 Å². The largest absolute Gasteiger partial charge is 0.437 e. The van der Waals surface area contributed by atoms with Gasteiger partial charge in [0.2, 0.25) is 0 Å². The van der Waals surface area contributed by atoms with E-state index in [1.54, 1.807) is 0 Å². The van der Waals surface area contributed by atoms with Crippen LogP contribution in [0, 0.1) is 0 Å². The molecule has 1 aliphatic rings. The molecule has 9 nitrogen and oxygen atoms in total. The highest BCUT2D eigenvalue weighted by molar-refractivity contribution is 6.89. The van der Waals surface area contributed by atoms with Gasteiger partial charge in [-0.05, 0) is 77.9 Å². The molecule has 0 saturated carbocycles. The first-order valence-electron chi connectivity index (χ1n) is 17.9. The second-order valence-electron chi connectivity index (χ2n) is 14.9. The van der Waals surface area contributed by atoms with E-state index in [9.17, 15) is 0 Å². The van der Waals surface area contributed by atoms with Crippen molar-refractivity contribution in [3.63, 3.8) is 0 Å². The lowest BCUT2D eigenvalue weighted by molar-refractivity contribution is -0.0186. The predicted molar refractivity (Wildman–Crippen MR) is 196 cm³/mol. The molecule has 13 heteroatoms. The van der Waals surface area contributed by atoms with Gasteiger partial charge in [0, 0.05) is 13.1 Å². The van der Waals surface area contributed by atoms with Gasteiger partial charge in [0.05, 0.1) is 66.1 Å². The third-order valence-electron chi connectivity index (χ3n) is 7.23. The molecule has 1 rings (SSSR count). The summed E-state index contributed by atoms with van der Waals surface area (Å²) in [7, 11) is -7.83. The van der Waals surface area contributed by atoms with Crippen molar-refractivity contribution in [2.45, 2.75) is 123 Å². The number of rotatable bonds is 18. The first kappa shape index (κ1) is 43.5. The normalized spacial score (nSPS) is 19.9. The molecule has 270 valence electrons. The molecule has 0 N–H and O–H groups in total. The third kappa shape index (κ3) is 28.1. The molecule has 1 saturated heterocycles. The number of ether oxygens (including phenoxy) is 5. The van der Waals surface area contributed by atoms with Gasteiger partial charge in [-0.2, -0.15) is 0 Å². The van der Waals surface area contributed by atoms with Crippen LogP contribution >= 0.6 is 0 Å². The molecular weight excluding hydrogens is 639 g/mol. The lowest BCUT2D eigenvalue weighted by Gasteiger charge is -2.41. The van der Waals surface area contributed by atoms with Gasteiger partial charge in [-0.3, -0.25) is 4.90 Å². The van der Waals surface area contributed by atoms with Crippen LogP contribution in [0.15, 0.2) is 0 Å². The highest BCUT2D eigenvalue weighted by Gasteiger charge is 2.44. The highest BCUT2D eigenvalue weighted by atomic mass is 28.5. The van der Waals surface area contributed by atoms with Gasteiger partial charge in [0.15, 0.2) is 16.6 Å². The van der Waals surface area contributed by atoms with Crippen LogP contribution in [-0.4, -0.2) is 124 Å². The summed E-state index contributed by atoms with van der Waals surface area (Å²) >= 11 is 0. The van der Waals surface area contributed by atoms with E-state index in [0.29, 0.717) is 52.9 Å². The maximum atomic E-state index is 6.84. The van der Waals surface area contributed by atoms with Crippen molar-refractivity contribution in [3.05, 3.63) is 0 Å². The average Bonchev–Trinajstić information content (AvgIpc) is 2.89. The van der Waals surface area contributed by atoms with E-state index in [-0.39, 0.29) is 0 Å². The molecule has 1 unspecified atom stereocenters. The molecule has 0 aromatic carbocycles. The fourth-order valence-corrected chi connectivity index (χ4v) is 23.8.